The summed E-state index contributed by atoms with van der Waals surface area (Å²) in [6.45, 7) is 1.08. The maximum Gasteiger partial charge on any atom is 0.335 e. The molecule has 0 saturated carbocycles. The average Bonchev–Trinajstić information content (AvgIpc) is 3.31. The van der Waals surface area contributed by atoms with Gasteiger partial charge in [-0.05, 0) is 60.5 Å². The largest absolute Gasteiger partial charge is 0.478 e. The number of pyridine rings is 2. The van der Waals surface area contributed by atoms with Gasteiger partial charge in [-0.1, -0.05) is 6.07 Å². The lowest BCUT2D eigenvalue weighted by Gasteiger charge is -2.27. The third-order valence-corrected chi connectivity index (χ3v) is 7.22. The molecule has 6 rings (SSSR count). The number of carbonyl (C=O) groups is 2. The number of nitrogens with zero attached hydrogens (tertiary/aromatic N) is 4. The maximum atomic E-state index is 15.5. The number of ether oxygens (including phenoxy) is 2. The average molecular weight is 586 g/mol. The second kappa shape index (κ2) is 11.6. The summed E-state index contributed by atoms with van der Waals surface area (Å²) in [6.07, 6.45) is 2.09. The van der Waals surface area contributed by atoms with Crippen LogP contribution in [0.5, 0.6) is 5.88 Å². The smallest absolute Gasteiger partial charge is 0.335 e. The fourth-order valence-electron chi connectivity index (χ4n) is 4.82. The Bertz CT molecular complexity index is 1850. The second-order valence-electron chi connectivity index (χ2n) is 10.1. The van der Waals surface area contributed by atoms with E-state index < -0.39 is 23.5 Å². The van der Waals surface area contributed by atoms with Gasteiger partial charge in [0.1, 0.15) is 24.1 Å². The van der Waals surface area contributed by atoms with Gasteiger partial charge < -0.3 is 24.9 Å². The molecule has 10 nitrogen and oxygen atoms in total. The molecular weight excluding hydrogens is 560 g/mol. The van der Waals surface area contributed by atoms with E-state index in [0.29, 0.717) is 35.7 Å². The fraction of sp³-hybridized carbons (Fsp3) is 0.194. The van der Waals surface area contributed by atoms with Crippen LogP contribution in [0.4, 0.5) is 8.78 Å². The summed E-state index contributed by atoms with van der Waals surface area (Å²) in [4.78, 5) is 35.8. The Labute approximate surface area is 243 Å². The number of carboxylic acid groups (broad SMARTS) is 1. The number of rotatable bonds is 10. The number of hydrogen-bond donors (Lipinski definition) is 2. The van der Waals surface area contributed by atoms with Crippen LogP contribution in [0.15, 0.2) is 66.9 Å². The number of amides is 1. The Balaban J connectivity index is 1.24. The Morgan fingerprint density at radius 1 is 1.05 bits per heavy atom. The Kier molecular flexibility index (Phi) is 7.51. The van der Waals surface area contributed by atoms with Crippen LogP contribution in [-0.2, 0) is 24.3 Å². The highest BCUT2D eigenvalue weighted by molar-refractivity contribution is 5.93. The first-order chi connectivity index (χ1) is 20.7. The van der Waals surface area contributed by atoms with E-state index >= 15 is 8.78 Å². The van der Waals surface area contributed by atoms with Gasteiger partial charge in [0.15, 0.2) is 0 Å². The Morgan fingerprint density at radius 3 is 2.56 bits per heavy atom. The first-order valence-electron chi connectivity index (χ1n) is 13.4. The number of hydrogen-bond acceptors (Lipinski definition) is 7. The third-order valence-electron chi connectivity index (χ3n) is 7.22. The van der Waals surface area contributed by atoms with E-state index in [4.69, 9.17) is 15.2 Å². The minimum Gasteiger partial charge on any atom is -0.478 e. The summed E-state index contributed by atoms with van der Waals surface area (Å²) >= 11 is 0. The molecule has 5 aromatic rings. The van der Waals surface area contributed by atoms with Crippen molar-refractivity contribution in [2.45, 2.75) is 32.1 Å². The van der Waals surface area contributed by atoms with Crippen LogP contribution in [0.3, 0.4) is 0 Å². The van der Waals surface area contributed by atoms with Gasteiger partial charge in [0, 0.05) is 30.9 Å². The van der Waals surface area contributed by atoms with Gasteiger partial charge >= 0.3 is 5.97 Å². The van der Waals surface area contributed by atoms with Gasteiger partial charge in [0.2, 0.25) is 11.8 Å². The number of imidazole rings is 1. The van der Waals surface area contributed by atoms with Crippen LogP contribution in [0.1, 0.15) is 44.2 Å². The maximum absolute atomic E-state index is 15.5. The molecule has 43 heavy (non-hydrogen) atoms. The van der Waals surface area contributed by atoms with E-state index in [2.05, 4.69) is 15.0 Å². The van der Waals surface area contributed by atoms with Crippen molar-refractivity contribution in [2.75, 3.05) is 6.61 Å². The van der Waals surface area contributed by atoms with E-state index in [9.17, 15) is 14.7 Å². The Hall–Kier alpha value is -5.23. The number of halogens is 2. The van der Waals surface area contributed by atoms with Gasteiger partial charge in [-0.15, -0.1) is 0 Å². The molecule has 1 aliphatic rings. The second-order valence-corrected chi connectivity index (χ2v) is 10.1. The molecule has 12 heteroatoms. The van der Waals surface area contributed by atoms with Gasteiger partial charge in [0.25, 0.3) is 0 Å². The number of primary amides is 1. The molecule has 0 aliphatic carbocycles. The monoisotopic (exact) mass is 585 g/mol. The summed E-state index contributed by atoms with van der Waals surface area (Å²) in [5, 5.41) is 9.45. The van der Waals surface area contributed by atoms with Gasteiger partial charge in [0.05, 0.1) is 46.2 Å². The van der Waals surface area contributed by atoms with Crippen LogP contribution in [-0.4, -0.2) is 49.2 Å². The van der Waals surface area contributed by atoms with Crippen molar-refractivity contribution < 1.29 is 33.0 Å². The number of carbonyl (C=O) groups excluding carboxylic acids is 1. The minimum atomic E-state index is -1.07. The molecular formula is C31H25F2N5O5. The summed E-state index contributed by atoms with van der Waals surface area (Å²) < 4.78 is 43.9. The van der Waals surface area contributed by atoms with Crippen molar-refractivity contribution in [3.05, 3.63) is 107 Å². The topological polar surface area (TPSA) is 142 Å². The van der Waals surface area contributed by atoms with Crippen molar-refractivity contribution in [1.29, 1.82) is 0 Å². The highest BCUT2D eigenvalue weighted by Gasteiger charge is 2.23. The summed E-state index contributed by atoms with van der Waals surface area (Å²) in [5.41, 5.74) is 7.48. The molecule has 218 valence electrons. The minimum absolute atomic E-state index is 0.0229. The molecule has 1 unspecified atom stereocenters. The number of aromatic nitrogens is 4. The van der Waals surface area contributed by atoms with Crippen LogP contribution >= 0.6 is 0 Å². The highest BCUT2D eigenvalue weighted by Crippen LogP contribution is 2.29. The molecule has 1 atom stereocenters. The lowest BCUT2D eigenvalue weighted by molar-refractivity contribution is -0.0589. The molecule has 1 fully saturated rings. The van der Waals surface area contributed by atoms with Crippen LogP contribution in [0.2, 0.25) is 0 Å². The van der Waals surface area contributed by atoms with Crippen LogP contribution in [0.25, 0.3) is 22.3 Å². The molecule has 1 aliphatic heterocycles. The predicted octanol–water partition coefficient (Wildman–Crippen LogP) is 4.53. The Morgan fingerprint density at radius 2 is 1.86 bits per heavy atom. The molecule has 0 radical (unpaired) electrons. The number of aromatic carboxylic acids is 1. The zero-order valence-electron chi connectivity index (χ0n) is 22.7. The predicted molar refractivity (Wildman–Crippen MR) is 151 cm³/mol. The van der Waals surface area contributed by atoms with Crippen molar-refractivity contribution in [3.63, 3.8) is 0 Å². The zero-order valence-corrected chi connectivity index (χ0v) is 22.7. The number of fused-ring (bicyclic) bond motifs is 1. The first-order valence-corrected chi connectivity index (χ1v) is 13.4. The van der Waals surface area contributed by atoms with Crippen LogP contribution < -0.4 is 10.5 Å². The van der Waals surface area contributed by atoms with Gasteiger partial charge in [-0.3, -0.25) is 9.78 Å². The van der Waals surface area contributed by atoms with E-state index in [-0.39, 0.29) is 53.0 Å². The molecule has 3 N–H and O–H groups in total. The number of nitrogens with two attached hydrogens (primary N) is 1. The number of benzene rings is 2. The molecule has 0 spiro atoms. The van der Waals surface area contributed by atoms with Crippen molar-refractivity contribution in [1.82, 2.24) is 19.5 Å². The number of carboxylic acids is 1. The lowest BCUT2D eigenvalue weighted by atomic mass is 10.0. The van der Waals surface area contributed by atoms with E-state index in [1.807, 2.05) is 4.57 Å². The fourth-order valence-corrected chi connectivity index (χ4v) is 4.82. The lowest BCUT2D eigenvalue weighted by Crippen LogP contribution is -2.31. The summed E-state index contributed by atoms with van der Waals surface area (Å²) in [7, 11) is 0. The van der Waals surface area contributed by atoms with Crippen molar-refractivity contribution in [2.24, 2.45) is 5.73 Å². The highest BCUT2D eigenvalue weighted by atomic mass is 19.1. The molecule has 1 amide bonds. The molecule has 3 aromatic heterocycles. The molecule has 1 saturated heterocycles. The molecule has 2 aromatic carbocycles. The van der Waals surface area contributed by atoms with E-state index in [0.717, 1.165) is 18.6 Å². The van der Waals surface area contributed by atoms with Gasteiger partial charge in [-0.25, -0.2) is 23.5 Å². The van der Waals surface area contributed by atoms with Crippen molar-refractivity contribution in [3.8, 4) is 17.1 Å². The standard InChI is InChI=1S/C31H25F2N5O5/c32-23-13-22(25-2-1-3-29(37-25)43-16-20-6-4-18(14-35-20)30(34)39)24(33)10-19(23)12-28-36-26-7-5-17(31(40)41)11-27(26)38(28)15-21-8-9-42-21/h1-7,10-11,13-14,21H,8-9,12,15-16H2,(H2,34,39)(H,40,41). The summed E-state index contributed by atoms with van der Waals surface area (Å²) in [6, 6.07) is 14.7. The molecule has 0 bridgehead atoms. The quantitative estimate of drug-likeness (QED) is 0.244. The van der Waals surface area contributed by atoms with E-state index in [1.165, 1.54) is 24.4 Å². The first kappa shape index (κ1) is 27.9. The van der Waals surface area contributed by atoms with Gasteiger partial charge in [-0.2, -0.15) is 0 Å². The third kappa shape index (κ3) is 5.90. The van der Waals surface area contributed by atoms with Crippen molar-refractivity contribution >= 4 is 22.9 Å². The van der Waals surface area contributed by atoms with E-state index in [1.54, 1.807) is 30.3 Å². The zero-order chi connectivity index (χ0) is 30.1. The normalized spacial score (nSPS) is 14.4. The molecule has 4 heterocycles. The summed E-state index contributed by atoms with van der Waals surface area (Å²) in [5.74, 6) is -2.35. The van der Waals surface area contributed by atoms with Crippen LogP contribution in [0, 0.1) is 11.6 Å². The SMILES string of the molecule is NC(=O)c1ccc(COc2cccc(-c3cc(F)c(Cc4nc5ccc(C(=O)O)cc5n4CC4CCO4)cc3F)n2)nc1.